The van der Waals surface area contributed by atoms with Crippen molar-refractivity contribution in [3.63, 3.8) is 0 Å². The Morgan fingerprint density at radius 2 is 0.875 bits per heavy atom. The number of rotatable bonds is 12. The van der Waals surface area contributed by atoms with E-state index < -0.39 is 23.9 Å². The first kappa shape index (κ1) is 35.5. The summed E-state index contributed by atoms with van der Waals surface area (Å²) in [5.41, 5.74) is -0.602. The zero-order chi connectivity index (χ0) is 30.6. The van der Waals surface area contributed by atoms with E-state index in [0.717, 1.165) is 37.8 Å². The smallest absolute Gasteiger partial charge is 0.339 e. The van der Waals surface area contributed by atoms with Crippen LogP contribution in [0.3, 0.4) is 0 Å². The Bertz CT molecular complexity index is 1120. The summed E-state index contributed by atoms with van der Waals surface area (Å²) in [6.45, 7) is 9.00. The van der Waals surface area contributed by atoms with Crippen molar-refractivity contribution in [2.24, 2.45) is 11.8 Å². The zero-order valence-corrected chi connectivity index (χ0v) is 25.6. The molecule has 2 rings (SSSR count). The summed E-state index contributed by atoms with van der Waals surface area (Å²) >= 11 is 23.1. The Balaban J connectivity index is 0.000000479. The minimum Gasteiger partial charge on any atom is -0.478 e. The summed E-state index contributed by atoms with van der Waals surface area (Å²) in [5, 5.41) is 17.7. The fraction of sp³-hybridized carbons (Fsp3) is 0.429. The summed E-state index contributed by atoms with van der Waals surface area (Å²) in [4.78, 5) is 46.0. The molecule has 0 unspecified atom stereocenters. The largest absolute Gasteiger partial charge is 0.478 e. The molecular weight excluding hydrogens is 606 g/mol. The third kappa shape index (κ3) is 11.9. The predicted octanol–water partition coefficient (Wildman–Crippen LogP) is 8.57. The van der Waals surface area contributed by atoms with Gasteiger partial charge in [-0.25, -0.2) is 19.2 Å². The van der Waals surface area contributed by atoms with Crippen LogP contribution in [0.4, 0.5) is 0 Å². The topological polar surface area (TPSA) is 127 Å². The van der Waals surface area contributed by atoms with Crippen LogP contribution in [0.1, 0.15) is 94.8 Å². The van der Waals surface area contributed by atoms with Crippen molar-refractivity contribution >= 4 is 70.3 Å². The van der Waals surface area contributed by atoms with Crippen LogP contribution < -0.4 is 0 Å². The highest BCUT2D eigenvalue weighted by atomic mass is 35.5. The van der Waals surface area contributed by atoms with Crippen molar-refractivity contribution in [2.45, 2.75) is 53.4 Å². The molecule has 0 amide bonds. The normalized spacial score (nSPS) is 10.7. The fourth-order valence-electron chi connectivity index (χ4n) is 3.25. The monoisotopic (exact) mass is 636 g/mol. The van der Waals surface area contributed by atoms with Crippen LogP contribution in [0, 0.1) is 11.8 Å². The summed E-state index contributed by atoms with van der Waals surface area (Å²) < 4.78 is 10.5. The Labute approximate surface area is 253 Å². The van der Waals surface area contributed by atoms with Crippen molar-refractivity contribution in [3.8, 4) is 0 Å². The van der Waals surface area contributed by atoms with Gasteiger partial charge in [0, 0.05) is 0 Å². The number of esters is 2. The second kappa shape index (κ2) is 17.3. The Morgan fingerprint density at radius 1 is 0.600 bits per heavy atom. The molecule has 0 aliphatic carbocycles. The van der Waals surface area contributed by atoms with Gasteiger partial charge in [0.1, 0.15) is 0 Å². The highest BCUT2D eigenvalue weighted by Gasteiger charge is 2.22. The zero-order valence-electron chi connectivity index (χ0n) is 22.6. The molecule has 0 aliphatic rings. The SMILES string of the molecule is CC(C)CCCOC(=O)c1cc(Cl)c(Cl)cc1C(=O)OCCCC(C)C.O=C(O)c1cc(Cl)c(Cl)cc1C(=O)O. The van der Waals surface area contributed by atoms with E-state index in [2.05, 4.69) is 27.7 Å². The Hall–Kier alpha value is -2.52. The number of carboxylic acids is 2. The maximum absolute atomic E-state index is 12.4. The molecule has 0 aliphatic heterocycles. The van der Waals surface area contributed by atoms with E-state index in [4.69, 9.17) is 66.1 Å². The molecule has 2 aromatic carbocycles. The maximum atomic E-state index is 12.4. The lowest BCUT2D eigenvalue weighted by Crippen LogP contribution is -2.15. The molecule has 0 saturated carbocycles. The number of ether oxygens (including phenoxy) is 2. The van der Waals surface area contributed by atoms with Gasteiger partial charge < -0.3 is 19.7 Å². The van der Waals surface area contributed by atoms with E-state index in [1.165, 1.54) is 12.1 Å². The molecular formula is C28H32Cl4O8. The number of carbonyl (C=O) groups is 4. The Morgan fingerprint density at radius 3 is 1.12 bits per heavy atom. The van der Waals surface area contributed by atoms with E-state index in [1.54, 1.807) is 0 Å². The van der Waals surface area contributed by atoms with Gasteiger partial charge in [0.05, 0.1) is 55.6 Å². The van der Waals surface area contributed by atoms with Crippen LogP contribution >= 0.6 is 46.4 Å². The second-order valence-electron chi connectivity index (χ2n) is 9.58. The molecule has 2 N–H and O–H groups in total. The lowest BCUT2D eigenvalue weighted by molar-refractivity contribution is 0.0448. The molecule has 2 aromatic rings. The van der Waals surface area contributed by atoms with Crippen LogP contribution in [-0.2, 0) is 9.47 Å². The quantitative estimate of drug-likeness (QED) is 0.175. The highest BCUT2D eigenvalue weighted by Crippen LogP contribution is 2.28. The van der Waals surface area contributed by atoms with Gasteiger partial charge in [0.15, 0.2) is 0 Å². The second-order valence-corrected chi connectivity index (χ2v) is 11.2. The lowest BCUT2D eigenvalue weighted by Gasteiger charge is -2.12. The van der Waals surface area contributed by atoms with E-state index in [1.807, 2.05) is 0 Å². The van der Waals surface area contributed by atoms with Gasteiger partial charge in [-0.15, -0.1) is 0 Å². The third-order valence-electron chi connectivity index (χ3n) is 5.34. The molecule has 0 spiro atoms. The molecule has 8 nitrogen and oxygen atoms in total. The highest BCUT2D eigenvalue weighted by molar-refractivity contribution is 6.43. The van der Waals surface area contributed by atoms with Crippen LogP contribution in [0.2, 0.25) is 20.1 Å². The average molecular weight is 638 g/mol. The molecule has 12 heteroatoms. The average Bonchev–Trinajstić information content (AvgIpc) is 2.86. The number of benzene rings is 2. The Kier molecular flexibility index (Phi) is 15.4. The maximum Gasteiger partial charge on any atom is 0.339 e. The molecule has 0 fully saturated rings. The van der Waals surface area contributed by atoms with Crippen LogP contribution in [0.15, 0.2) is 24.3 Å². The van der Waals surface area contributed by atoms with Gasteiger partial charge in [-0.05, 0) is 61.8 Å². The van der Waals surface area contributed by atoms with E-state index in [0.29, 0.717) is 25.0 Å². The van der Waals surface area contributed by atoms with Crippen LogP contribution in [-0.4, -0.2) is 47.3 Å². The van der Waals surface area contributed by atoms with Crippen molar-refractivity contribution in [1.82, 2.24) is 0 Å². The van der Waals surface area contributed by atoms with Gasteiger partial charge in [0.25, 0.3) is 0 Å². The summed E-state index contributed by atoms with van der Waals surface area (Å²) in [6.07, 6.45) is 3.44. The van der Waals surface area contributed by atoms with Gasteiger partial charge in [0.2, 0.25) is 0 Å². The number of carboxylic acid groups (broad SMARTS) is 2. The van der Waals surface area contributed by atoms with Crippen molar-refractivity contribution in [1.29, 1.82) is 0 Å². The van der Waals surface area contributed by atoms with Gasteiger partial charge in [-0.3, -0.25) is 0 Å². The first-order chi connectivity index (χ1) is 18.6. The molecule has 0 saturated heterocycles. The first-order valence-electron chi connectivity index (χ1n) is 12.4. The molecule has 220 valence electrons. The lowest BCUT2D eigenvalue weighted by atomic mass is 10.1. The number of hydrogen-bond donors (Lipinski definition) is 2. The molecule has 0 atom stereocenters. The number of aromatic carboxylic acids is 2. The van der Waals surface area contributed by atoms with Crippen LogP contribution in [0.5, 0.6) is 0 Å². The van der Waals surface area contributed by atoms with Crippen molar-refractivity contribution in [2.75, 3.05) is 13.2 Å². The third-order valence-corrected chi connectivity index (χ3v) is 6.78. The molecule has 0 heterocycles. The standard InChI is InChI=1S/C20H28Cl2O4.C8H4Cl2O4/c1-13(2)7-5-9-25-19(23)15-11-17(21)18(22)12-16(15)20(24)26-10-6-8-14(3)4;9-5-1-3(7(11)12)4(8(13)14)2-6(5)10/h11-14H,5-10H2,1-4H3;1-2H,(H,11,12)(H,13,14). The van der Waals surface area contributed by atoms with Crippen molar-refractivity contribution in [3.05, 3.63) is 66.6 Å². The van der Waals surface area contributed by atoms with Gasteiger partial charge in [-0.2, -0.15) is 0 Å². The summed E-state index contributed by atoms with van der Waals surface area (Å²) in [6, 6.07) is 4.74. The fourth-order valence-corrected chi connectivity index (χ4v) is 3.91. The van der Waals surface area contributed by atoms with E-state index in [9.17, 15) is 19.2 Å². The minimum absolute atomic E-state index is 0.00840. The molecule has 0 aromatic heterocycles. The summed E-state index contributed by atoms with van der Waals surface area (Å²) in [5.74, 6) is -2.84. The minimum atomic E-state index is -1.36. The van der Waals surface area contributed by atoms with Gasteiger partial charge in [-0.1, -0.05) is 74.1 Å². The molecule has 0 bridgehead atoms. The van der Waals surface area contributed by atoms with Crippen LogP contribution in [0.25, 0.3) is 0 Å². The van der Waals surface area contributed by atoms with Crippen molar-refractivity contribution < 1.29 is 38.9 Å². The number of halogens is 4. The molecule has 40 heavy (non-hydrogen) atoms. The summed E-state index contributed by atoms with van der Waals surface area (Å²) in [7, 11) is 0. The first-order valence-corrected chi connectivity index (χ1v) is 14.0. The number of hydrogen-bond acceptors (Lipinski definition) is 6. The molecule has 0 radical (unpaired) electrons. The van der Waals surface area contributed by atoms with E-state index >= 15 is 0 Å². The number of carbonyl (C=O) groups excluding carboxylic acids is 2. The predicted molar refractivity (Wildman–Crippen MR) is 156 cm³/mol. The van der Waals surface area contributed by atoms with Gasteiger partial charge >= 0.3 is 23.9 Å². The van der Waals surface area contributed by atoms with E-state index in [-0.39, 0.29) is 42.3 Å².